The number of carbonyl (C=O) groups excluding carboxylic acids is 1. The highest BCUT2D eigenvalue weighted by molar-refractivity contribution is 5.94. The van der Waals surface area contributed by atoms with Crippen molar-refractivity contribution in [2.45, 2.75) is 25.8 Å². The third kappa shape index (κ3) is 3.74. The Labute approximate surface area is 165 Å². The van der Waals surface area contributed by atoms with Gasteiger partial charge in [-0.2, -0.15) is 0 Å². The molecule has 1 atom stereocenters. The number of benzene rings is 2. The van der Waals surface area contributed by atoms with Gasteiger partial charge < -0.3 is 9.64 Å². The number of amides is 1. The molecule has 1 amide bonds. The molecule has 2 heterocycles. The van der Waals surface area contributed by atoms with E-state index in [1.165, 1.54) is 0 Å². The maximum absolute atomic E-state index is 13.1. The van der Waals surface area contributed by atoms with Crippen molar-refractivity contribution < 1.29 is 9.53 Å². The Morgan fingerprint density at radius 3 is 2.46 bits per heavy atom. The second-order valence-electron chi connectivity index (χ2n) is 6.82. The third-order valence-corrected chi connectivity index (χ3v) is 5.02. The average Bonchev–Trinajstić information content (AvgIpc) is 3.25. The summed E-state index contributed by atoms with van der Waals surface area (Å²) in [6, 6.07) is 17.9. The molecule has 1 aromatic heterocycles. The highest BCUT2D eigenvalue weighted by atomic mass is 16.5. The van der Waals surface area contributed by atoms with Crippen molar-refractivity contribution in [3.8, 4) is 17.1 Å². The molecule has 5 heteroatoms. The number of ether oxygens (including phenoxy) is 1. The first-order valence-electron chi connectivity index (χ1n) is 9.67. The lowest BCUT2D eigenvalue weighted by atomic mass is 10.0. The van der Waals surface area contributed by atoms with Gasteiger partial charge in [-0.05, 0) is 37.5 Å². The summed E-state index contributed by atoms with van der Waals surface area (Å²) in [6.45, 7) is 3.36. The number of carbonyl (C=O) groups is 1. The van der Waals surface area contributed by atoms with Crippen molar-refractivity contribution >= 4 is 5.91 Å². The van der Waals surface area contributed by atoms with Crippen LogP contribution in [-0.2, 0) is 0 Å². The number of hydrogen-bond acceptors (Lipinski definition) is 4. The number of nitrogens with zero attached hydrogens (tertiary/aromatic N) is 3. The van der Waals surface area contributed by atoms with Crippen LogP contribution in [0, 0.1) is 0 Å². The summed E-state index contributed by atoms with van der Waals surface area (Å²) in [5.74, 6) is 1.46. The predicted molar refractivity (Wildman–Crippen MR) is 108 cm³/mol. The Kier molecular flexibility index (Phi) is 5.33. The van der Waals surface area contributed by atoms with Crippen molar-refractivity contribution in [2.75, 3.05) is 13.2 Å². The molecule has 0 saturated carbocycles. The molecular weight excluding hydrogens is 350 g/mol. The Morgan fingerprint density at radius 1 is 1.07 bits per heavy atom. The highest BCUT2D eigenvalue weighted by Gasteiger charge is 2.31. The molecule has 1 aliphatic heterocycles. The van der Waals surface area contributed by atoms with Gasteiger partial charge in [0.05, 0.1) is 18.2 Å². The van der Waals surface area contributed by atoms with Gasteiger partial charge in [0, 0.05) is 24.5 Å². The van der Waals surface area contributed by atoms with E-state index in [1.807, 2.05) is 54.3 Å². The van der Waals surface area contributed by atoms with Gasteiger partial charge in [-0.3, -0.25) is 4.79 Å². The van der Waals surface area contributed by atoms with Gasteiger partial charge in [0.25, 0.3) is 5.91 Å². The van der Waals surface area contributed by atoms with Crippen LogP contribution in [0.15, 0.2) is 67.0 Å². The summed E-state index contributed by atoms with van der Waals surface area (Å²) in [7, 11) is 0. The lowest BCUT2D eigenvalue weighted by Crippen LogP contribution is -2.30. The molecule has 0 bridgehead atoms. The average molecular weight is 373 g/mol. The Morgan fingerprint density at radius 2 is 1.79 bits per heavy atom. The van der Waals surface area contributed by atoms with Gasteiger partial charge in [0.15, 0.2) is 5.82 Å². The largest absolute Gasteiger partial charge is 0.494 e. The van der Waals surface area contributed by atoms with Crippen LogP contribution in [0.3, 0.4) is 0 Å². The molecule has 4 rings (SSSR count). The predicted octanol–water partition coefficient (Wildman–Crippen LogP) is 4.52. The van der Waals surface area contributed by atoms with Crippen LogP contribution < -0.4 is 4.74 Å². The topological polar surface area (TPSA) is 55.3 Å². The molecule has 1 aliphatic rings. The van der Waals surface area contributed by atoms with Crippen LogP contribution >= 0.6 is 0 Å². The maximum Gasteiger partial charge on any atom is 0.257 e. The van der Waals surface area contributed by atoms with Crippen LogP contribution in [-0.4, -0.2) is 33.9 Å². The summed E-state index contributed by atoms with van der Waals surface area (Å²) in [5.41, 5.74) is 2.60. The van der Waals surface area contributed by atoms with Crippen LogP contribution in [0.2, 0.25) is 0 Å². The number of aromatic nitrogens is 2. The van der Waals surface area contributed by atoms with Crippen molar-refractivity contribution in [1.29, 1.82) is 0 Å². The van der Waals surface area contributed by atoms with E-state index in [2.05, 4.69) is 22.1 Å². The highest BCUT2D eigenvalue weighted by Crippen LogP contribution is 2.33. The van der Waals surface area contributed by atoms with E-state index in [4.69, 9.17) is 4.74 Å². The standard InChI is InChI=1S/C23H23N3O2/c1-2-28-20-12-10-17(11-13-20)21-9-6-14-26(21)23(27)19-15-24-22(25-16-19)18-7-4-3-5-8-18/h3-5,7-8,10-13,15-16,21H,2,6,9,14H2,1H3/t21-/m1/s1. The minimum Gasteiger partial charge on any atom is -0.494 e. The first kappa shape index (κ1) is 18.2. The molecule has 3 aromatic rings. The lowest BCUT2D eigenvalue weighted by Gasteiger charge is -2.25. The van der Waals surface area contributed by atoms with E-state index in [-0.39, 0.29) is 11.9 Å². The monoisotopic (exact) mass is 373 g/mol. The van der Waals surface area contributed by atoms with E-state index in [9.17, 15) is 4.79 Å². The lowest BCUT2D eigenvalue weighted by molar-refractivity contribution is 0.0735. The minimum atomic E-state index is -0.0176. The minimum absolute atomic E-state index is 0.0176. The van der Waals surface area contributed by atoms with E-state index in [0.717, 1.165) is 36.3 Å². The SMILES string of the molecule is CCOc1ccc([C@H]2CCCN2C(=O)c2cnc(-c3ccccc3)nc2)cc1. The smallest absolute Gasteiger partial charge is 0.257 e. The van der Waals surface area contributed by atoms with Crippen LogP contribution in [0.5, 0.6) is 5.75 Å². The first-order valence-corrected chi connectivity index (χ1v) is 9.67. The molecule has 1 fully saturated rings. The van der Waals surface area contributed by atoms with Gasteiger partial charge >= 0.3 is 0 Å². The molecule has 0 unspecified atom stereocenters. The summed E-state index contributed by atoms with van der Waals surface area (Å²) < 4.78 is 5.52. The zero-order chi connectivity index (χ0) is 19.3. The van der Waals surface area contributed by atoms with Gasteiger partial charge in [0.2, 0.25) is 0 Å². The van der Waals surface area contributed by atoms with Gasteiger partial charge in [-0.1, -0.05) is 42.5 Å². The number of hydrogen-bond donors (Lipinski definition) is 0. The fourth-order valence-electron chi connectivity index (χ4n) is 3.65. The molecule has 2 aromatic carbocycles. The molecular formula is C23H23N3O2. The second kappa shape index (κ2) is 8.21. The fourth-order valence-corrected chi connectivity index (χ4v) is 3.65. The van der Waals surface area contributed by atoms with Crippen molar-refractivity contribution in [3.63, 3.8) is 0 Å². The van der Waals surface area contributed by atoms with Crippen molar-refractivity contribution in [1.82, 2.24) is 14.9 Å². The molecule has 0 aliphatic carbocycles. The molecule has 0 radical (unpaired) electrons. The molecule has 28 heavy (non-hydrogen) atoms. The molecule has 5 nitrogen and oxygen atoms in total. The van der Waals surface area contributed by atoms with Crippen molar-refractivity contribution in [2.24, 2.45) is 0 Å². The normalized spacial score (nSPS) is 16.2. The van der Waals surface area contributed by atoms with E-state index in [1.54, 1.807) is 12.4 Å². The molecule has 142 valence electrons. The van der Waals surface area contributed by atoms with E-state index < -0.39 is 0 Å². The second-order valence-corrected chi connectivity index (χ2v) is 6.82. The summed E-state index contributed by atoms with van der Waals surface area (Å²) in [4.78, 5) is 23.8. The van der Waals surface area contributed by atoms with Crippen LogP contribution in [0.4, 0.5) is 0 Å². The quantitative estimate of drug-likeness (QED) is 0.660. The van der Waals surface area contributed by atoms with E-state index >= 15 is 0 Å². The van der Waals surface area contributed by atoms with E-state index in [0.29, 0.717) is 18.0 Å². The molecule has 1 saturated heterocycles. The van der Waals surface area contributed by atoms with Crippen molar-refractivity contribution in [3.05, 3.63) is 78.1 Å². The maximum atomic E-state index is 13.1. The first-order chi connectivity index (χ1) is 13.8. The number of rotatable bonds is 5. The Balaban J connectivity index is 1.52. The van der Waals surface area contributed by atoms with Crippen LogP contribution in [0.1, 0.15) is 41.7 Å². The summed E-state index contributed by atoms with van der Waals surface area (Å²) in [5, 5.41) is 0. The molecule has 0 N–H and O–H groups in total. The summed E-state index contributed by atoms with van der Waals surface area (Å²) >= 11 is 0. The number of likely N-dealkylation sites (tertiary alicyclic amines) is 1. The van der Waals surface area contributed by atoms with Gasteiger partial charge in [-0.25, -0.2) is 9.97 Å². The summed E-state index contributed by atoms with van der Waals surface area (Å²) in [6.07, 6.45) is 5.21. The van der Waals surface area contributed by atoms with Crippen LogP contribution in [0.25, 0.3) is 11.4 Å². The van der Waals surface area contributed by atoms with Gasteiger partial charge in [-0.15, -0.1) is 0 Å². The Bertz CT molecular complexity index is 924. The fraction of sp³-hybridized carbons (Fsp3) is 0.261. The van der Waals surface area contributed by atoms with Gasteiger partial charge in [0.1, 0.15) is 5.75 Å². The molecule has 0 spiro atoms. The zero-order valence-electron chi connectivity index (χ0n) is 15.9. The third-order valence-electron chi connectivity index (χ3n) is 5.02. The Hall–Kier alpha value is -3.21. The zero-order valence-corrected chi connectivity index (χ0v) is 15.9.